The first-order chi connectivity index (χ1) is 8.15. The van der Waals surface area contributed by atoms with Crippen LogP contribution in [0.5, 0.6) is 0 Å². The van der Waals surface area contributed by atoms with Gasteiger partial charge in [-0.1, -0.05) is 18.2 Å². The largest absolute Gasteiger partial charge is 0.399 e. The quantitative estimate of drug-likeness (QED) is 0.819. The Hall–Kier alpha value is -2.03. The highest BCUT2D eigenvalue weighted by molar-refractivity contribution is 5.44. The summed E-state index contributed by atoms with van der Waals surface area (Å²) in [6, 6.07) is 14.0. The van der Waals surface area contributed by atoms with Crippen LogP contribution in [0, 0.1) is 6.92 Å². The molecule has 3 heteroatoms. The molecule has 0 bridgehead atoms. The number of nitrogens with zero attached hydrogens (tertiary/aromatic N) is 2. The van der Waals surface area contributed by atoms with Gasteiger partial charge in [-0.05, 0) is 36.8 Å². The van der Waals surface area contributed by atoms with Gasteiger partial charge in [0.15, 0.2) is 0 Å². The normalized spacial score (nSPS) is 10.2. The zero-order valence-electron chi connectivity index (χ0n) is 10.2. The third-order valence-electron chi connectivity index (χ3n) is 2.64. The van der Waals surface area contributed by atoms with Gasteiger partial charge in [-0.3, -0.25) is 0 Å². The van der Waals surface area contributed by atoms with Crippen molar-refractivity contribution in [2.75, 3.05) is 17.7 Å². The molecule has 3 nitrogen and oxygen atoms in total. The number of anilines is 2. The maximum Gasteiger partial charge on any atom is 0.128 e. The molecule has 0 saturated carbocycles. The van der Waals surface area contributed by atoms with E-state index in [1.54, 1.807) is 0 Å². The van der Waals surface area contributed by atoms with Crippen molar-refractivity contribution in [2.24, 2.45) is 0 Å². The molecule has 2 N–H and O–H groups in total. The van der Waals surface area contributed by atoms with Gasteiger partial charge >= 0.3 is 0 Å². The Morgan fingerprint density at radius 2 is 1.94 bits per heavy atom. The van der Waals surface area contributed by atoms with Crippen LogP contribution in [-0.4, -0.2) is 12.0 Å². The molecule has 0 atom stereocenters. The average molecular weight is 227 g/mol. The van der Waals surface area contributed by atoms with Gasteiger partial charge in [0.25, 0.3) is 0 Å². The number of hydrogen-bond acceptors (Lipinski definition) is 3. The standard InChI is InChI=1S/C14H17N3/c1-11-5-3-8-14(16-11)17(2)10-12-6-4-7-13(15)9-12/h3-9H,10,15H2,1-2H3. The van der Waals surface area contributed by atoms with Gasteiger partial charge in [0.05, 0.1) is 0 Å². The van der Waals surface area contributed by atoms with Crippen molar-refractivity contribution in [1.82, 2.24) is 4.98 Å². The van der Waals surface area contributed by atoms with E-state index in [9.17, 15) is 0 Å². The number of aromatic nitrogens is 1. The van der Waals surface area contributed by atoms with Gasteiger partial charge in [0.1, 0.15) is 5.82 Å². The van der Waals surface area contributed by atoms with Crippen molar-refractivity contribution in [1.29, 1.82) is 0 Å². The van der Waals surface area contributed by atoms with Crippen LogP contribution in [-0.2, 0) is 6.54 Å². The summed E-state index contributed by atoms with van der Waals surface area (Å²) >= 11 is 0. The highest BCUT2D eigenvalue weighted by Gasteiger charge is 2.03. The molecule has 0 aliphatic heterocycles. The minimum atomic E-state index is 0.799. The van der Waals surface area contributed by atoms with Crippen LogP contribution >= 0.6 is 0 Å². The number of rotatable bonds is 3. The van der Waals surface area contributed by atoms with Crippen LogP contribution in [0.4, 0.5) is 11.5 Å². The van der Waals surface area contributed by atoms with E-state index in [2.05, 4.69) is 16.0 Å². The number of benzene rings is 1. The molecule has 0 aliphatic carbocycles. The summed E-state index contributed by atoms with van der Waals surface area (Å²) in [7, 11) is 2.03. The van der Waals surface area contributed by atoms with Gasteiger partial charge < -0.3 is 10.6 Å². The Bertz CT molecular complexity index is 508. The van der Waals surface area contributed by atoms with Crippen molar-refractivity contribution in [3.8, 4) is 0 Å². The van der Waals surface area contributed by atoms with Crippen LogP contribution in [0.1, 0.15) is 11.3 Å². The Balaban J connectivity index is 2.14. The molecule has 0 amide bonds. The highest BCUT2D eigenvalue weighted by atomic mass is 15.2. The molecule has 1 aromatic heterocycles. The number of nitrogen functional groups attached to an aromatic ring is 1. The van der Waals surface area contributed by atoms with E-state index in [0.29, 0.717) is 0 Å². The Morgan fingerprint density at radius 1 is 1.18 bits per heavy atom. The molecule has 2 aromatic rings. The van der Waals surface area contributed by atoms with E-state index >= 15 is 0 Å². The van der Waals surface area contributed by atoms with E-state index in [4.69, 9.17) is 5.73 Å². The van der Waals surface area contributed by atoms with Gasteiger partial charge in [-0.25, -0.2) is 4.98 Å². The van der Waals surface area contributed by atoms with Crippen molar-refractivity contribution in [3.63, 3.8) is 0 Å². The lowest BCUT2D eigenvalue weighted by molar-refractivity contribution is 0.893. The fraction of sp³-hybridized carbons (Fsp3) is 0.214. The first kappa shape index (κ1) is 11.5. The summed E-state index contributed by atoms with van der Waals surface area (Å²) in [6.07, 6.45) is 0. The number of pyridine rings is 1. The lowest BCUT2D eigenvalue weighted by Gasteiger charge is -2.18. The van der Waals surface area contributed by atoms with Crippen molar-refractivity contribution < 1.29 is 0 Å². The zero-order valence-corrected chi connectivity index (χ0v) is 10.2. The second-order valence-corrected chi connectivity index (χ2v) is 4.24. The predicted octanol–water partition coefficient (Wildman–Crippen LogP) is 2.61. The van der Waals surface area contributed by atoms with Crippen molar-refractivity contribution >= 4 is 11.5 Å². The van der Waals surface area contributed by atoms with E-state index in [-0.39, 0.29) is 0 Å². The van der Waals surface area contributed by atoms with Crippen LogP contribution in [0.2, 0.25) is 0 Å². The lowest BCUT2D eigenvalue weighted by atomic mass is 10.2. The molecule has 2 rings (SSSR count). The molecule has 17 heavy (non-hydrogen) atoms. The van der Waals surface area contributed by atoms with Gasteiger partial charge in [-0.2, -0.15) is 0 Å². The van der Waals surface area contributed by atoms with Gasteiger partial charge in [0.2, 0.25) is 0 Å². The second-order valence-electron chi connectivity index (χ2n) is 4.24. The molecular formula is C14H17N3. The highest BCUT2D eigenvalue weighted by Crippen LogP contribution is 2.14. The molecule has 0 spiro atoms. The SMILES string of the molecule is Cc1cccc(N(C)Cc2cccc(N)c2)n1. The van der Waals surface area contributed by atoms with Crippen LogP contribution in [0.3, 0.4) is 0 Å². The van der Waals surface area contributed by atoms with Gasteiger partial charge in [-0.15, -0.1) is 0 Å². The van der Waals surface area contributed by atoms with E-state index < -0.39 is 0 Å². The molecule has 0 saturated heterocycles. The summed E-state index contributed by atoms with van der Waals surface area (Å²) in [5.74, 6) is 0.979. The Kier molecular flexibility index (Phi) is 3.28. The molecule has 0 fully saturated rings. The maximum atomic E-state index is 5.76. The average Bonchev–Trinajstić information content (AvgIpc) is 2.29. The van der Waals surface area contributed by atoms with Crippen LogP contribution in [0.15, 0.2) is 42.5 Å². The summed E-state index contributed by atoms with van der Waals surface area (Å²) < 4.78 is 0. The first-order valence-electron chi connectivity index (χ1n) is 5.64. The van der Waals surface area contributed by atoms with Crippen molar-refractivity contribution in [2.45, 2.75) is 13.5 Å². The minimum Gasteiger partial charge on any atom is -0.399 e. The molecule has 88 valence electrons. The molecule has 0 radical (unpaired) electrons. The number of nitrogens with two attached hydrogens (primary N) is 1. The van der Waals surface area contributed by atoms with E-state index in [1.165, 1.54) is 5.56 Å². The first-order valence-corrected chi connectivity index (χ1v) is 5.64. The monoisotopic (exact) mass is 227 g/mol. The van der Waals surface area contributed by atoms with Gasteiger partial charge in [0, 0.05) is 25.0 Å². The summed E-state index contributed by atoms with van der Waals surface area (Å²) in [4.78, 5) is 6.60. The number of hydrogen-bond donors (Lipinski definition) is 1. The summed E-state index contributed by atoms with van der Waals surface area (Å²) in [5, 5.41) is 0. The minimum absolute atomic E-state index is 0.799. The summed E-state index contributed by atoms with van der Waals surface area (Å²) in [6.45, 7) is 2.80. The molecule has 1 aromatic carbocycles. The Labute approximate surface area is 102 Å². The fourth-order valence-corrected chi connectivity index (χ4v) is 1.79. The number of aryl methyl sites for hydroxylation is 1. The molecule has 0 unspecified atom stereocenters. The Morgan fingerprint density at radius 3 is 2.65 bits per heavy atom. The second kappa shape index (κ2) is 4.87. The lowest BCUT2D eigenvalue weighted by Crippen LogP contribution is -2.17. The topological polar surface area (TPSA) is 42.1 Å². The predicted molar refractivity (Wildman–Crippen MR) is 71.9 cm³/mol. The zero-order chi connectivity index (χ0) is 12.3. The third kappa shape index (κ3) is 2.97. The fourth-order valence-electron chi connectivity index (χ4n) is 1.79. The van der Waals surface area contributed by atoms with Crippen LogP contribution < -0.4 is 10.6 Å². The molecular weight excluding hydrogens is 210 g/mol. The molecule has 0 aliphatic rings. The van der Waals surface area contributed by atoms with E-state index in [0.717, 1.165) is 23.7 Å². The maximum absolute atomic E-state index is 5.76. The smallest absolute Gasteiger partial charge is 0.128 e. The summed E-state index contributed by atoms with van der Waals surface area (Å²) in [5.41, 5.74) is 8.78. The third-order valence-corrected chi connectivity index (χ3v) is 2.64. The molecule has 1 heterocycles. The van der Waals surface area contributed by atoms with E-state index in [1.807, 2.05) is 50.4 Å². The van der Waals surface area contributed by atoms with Crippen LogP contribution in [0.25, 0.3) is 0 Å². The van der Waals surface area contributed by atoms with Crippen molar-refractivity contribution in [3.05, 3.63) is 53.7 Å².